The second kappa shape index (κ2) is 9.26. The minimum Gasteiger partial charge on any atom is -0.379 e. The van der Waals surface area contributed by atoms with Gasteiger partial charge in [-0.25, -0.2) is 13.1 Å². The highest BCUT2D eigenvalue weighted by atomic mass is 32.2. The number of nitrogens with one attached hydrogen (secondary N) is 2. The van der Waals surface area contributed by atoms with Crippen molar-refractivity contribution in [2.24, 2.45) is 0 Å². The molecule has 0 spiro atoms. The lowest BCUT2D eigenvalue weighted by Gasteiger charge is -2.26. The molecule has 2 aromatic carbocycles. The van der Waals surface area contributed by atoms with Crippen LogP contribution in [0.25, 0.3) is 0 Å². The Morgan fingerprint density at radius 2 is 1.73 bits per heavy atom. The minimum atomic E-state index is -3.63. The van der Waals surface area contributed by atoms with Crippen molar-refractivity contribution in [3.63, 3.8) is 0 Å². The normalized spacial score (nSPS) is 15.7. The van der Waals surface area contributed by atoms with E-state index in [1.165, 1.54) is 24.3 Å². The van der Waals surface area contributed by atoms with Crippen molar-refractivity contribution in [2.45, 2.75) is 37.8 Å². The Hall–Kier alpha value is -2.26. The second-order valence-corrected chi connectivity index (χ2v) is 10.1. The molecule has 1 amide bonds. The van der Waals surface area contributed by atoms with Crippen molar-refractivity contribution in [3.8, 4) is 0 Å². The van der Waals surface area contributed by atoms with Crippen molar-refractivity contribution in [3.05, 3.63) is 59.7 Å². The van der Waals surface area contributed by atoms with Gasteiger partial charge in [0.15, 0.2) is 0 Å². The van der Waals surface area contributed by atoms with Crippen molar-refractivity contribution in [1.29, 1.82) is 0 Å². The summed E-state index contributed by atoms with van der Waals surface area (Å²) in [6.45, 7) is 9.42. The number of amides is 1. The average Bonchev–Trinajstić information content (AvgIpc) is 2.67. The predicted molar refractivity (Wildman–Crippen MR) is 117 cm³/mol. The third-order valence-corrected chi connectivity index (χ3v) is 6.34. The molecule has 1 fully saturated rings. The topological polar surface area (TPSA) is 87.7 Å². The van der Waals surface area contributed by atoms with Gasteiger partial charge in [0.05, 0.1) is 18.1 Å². The quantitative estimate of drug-likeness (QED) is 0.734. The van der Waals surface area contributed by atoms with Gasteiger partial charge in [0.1, 0.15) is 0 Å². The van der Waals surface area contributed by atoms with E-state index in [1.807, 2.05) is 24.3 Å². The first kappa shape index (κ1) is 22.4. The standard InChI is InChI=1S/C22H29N3O4S/c1-22(2,3)24-30(27,28)20-9-7-18(8-10-20)21(26)23-19-6-4-5-17(15-19)16-25-11-13-29-14-12-25/h4-10,15,24H,11-14,16H2,1-3H3,(H,23,26). The second-order valence-electron chi connectivity index (χ2n) is 8.42. The van der Waals surface area contributed by atoms with E-state index in [1.54, 1.807) is 20.8 Å². The predicted octanol–water partition coefficient (Wildman–Crippen LogP) is 2.85. The van der Waals surface area contributed by atoms with Gasteiger partial charge in [0.25, 0.3) is 5.91 Å². The molecule has 7 nitrogen and oxygen atoms in total. The van der Waals surface area contributed by atoms with Crippen LogP contribution in [0.5, 0.6) is 0 Å². The van der Waals surface area contributed by atoms with E-state index in [4.69, 9.17) is 4.74 Å². The molecule has 1 aliphatic heterocycles. The fraction of sp³-hybridized carbons (Fsp3) is 0.409. The maximum Gasteiger partial charge on any atom is 0.255 e. The number of sulfonamides is 1. The Kier molecular flexibility index (Phi) is 6.92. The van der Waals surface area contributed by atoms with Crippen LogP contribution >= 0.6 is 0 Å². The highest BCUT2D eigenvalue weighted by Crippen LogP contribution is 2.17. The van der Waals surface area contributed by atoms with Crippen molar-refractivity contribution >= 4 is 21.6 Å². The van der Waals surface area contributed by atoms with Gasteiger partial charge in [-0.3, -0.25) is 9.69 Å². The summed E-state index contributed by atoms with van der Waals surface area (Å²) in [6.07, 6.45) is 0. The lowest BCUT2D eigenvalue weighted by Crippen LogP contribution is -2.40. The van der Waals surface area contributed by atoms with Crippen LogP contribution in [0.3, 0.4) is 0 Å². The summed E-state index contributed by atoms with van der Waals surface area (Å²) < 4.78 is 32.8. The molecule has 3 rings (SSSR count). The minimum absolute atomic E-state index is 0.126. The molecule has 0 atom stereocenters. The largest absolute Gasteiger partial charge is 0.379 e. The molecule has 162 valence electrons. The van der Waals surface area contributed by atoms with Gasteiger partial charge >= 0.3 is 0 Å². The molecule has 0 radical (unpaired) electrons. The molecule has 1 heterocycles. The molecule has 0 bridgehead atoms. The van der Waals surface area contributed by atoms with Crippen LogP contribution in [0.15, 0.2) is 53.4 Å². The number of hydrogen-bond donors (Lipinski definition) is 2. The maximum absolute atomic E-state index is 12.6. The van der Waals surface area contributed by atoms with Gasteiger partial charge in [-0.2, -0.15) is 0 Å². The molecule has 1 aliphatic rings. The molecule has 1 saturated heterocycles. The van der Waals surface area contributed by atoms with Gasteiger partial charge in [-0.05, 0) is 62.7 Å². The smallest absolute Gasteiger partial charge is 0.255 e. The highest BCUT2D eigenvalue weighted by Gasteiger charge is 2.22. The summed E-state index contributed by atoms with van der Waals surface area (Å²) in [5.74, 6) is -0.286. The van der Waals surface area contributed by atoms with E-state index >= 15 is 0 Å². The molecule has 0 aliphatic carbocycles. The van der Waals surface area contributed by atoms with E-state index in [-0.39, 0.29) is 10.8 Å². The summed E-state index contributed by atoms with van der Waals surface area (Å²) in [7, 11) is -3.63. The molecule has 8 heteroatoms. The van der Waals surface area contributed by atoms with Crippen LogP contribution in [-0.4, -0.2) is 51.1 Å². The summed E-state index contributed by atoms with van der Waals surface area (Å²) in [5, 5.41) is 2.89. The summed E-state index contributed by atoms with van der Waals surface area (Å²) in [6, 6.07) is 13.7. The van der Waals surface area contributed by atoms with E-state index in [2.05, 4.69) is 14.9 Å². The zero-order chi connectivity index (χ0) is 21.8. The van der Waals surface area contributed by atoms with E-state index in [0.29, 0.717) is 11.3 Å². The fourth-order valence-electron chi connectivity index (χ4n) is 3.22. The van der Waals surface area contributed by atoms with Crippen LogP contribution in [0.2, 0.25) is 0 Å². The molecule has 0 aromatic heterocycles. The monoisotopic (exact) mass is 431 g/mol. The van der Waals surface area contributed by atoms with Crippen molar-refractivity contribution in [1.82, 2.24) is 9.62 Å². The van der Waals surface area contributed by atoms with Gasteiger partial charge in [0, 0.05) is 36.4 Å². The Morgan fingerprint density at radius 3 is 2.37 bits per heavy atom. The number of morpholine rings is 1. The summed E-state index contributed by atoms with van der Waals surface area (Å²) >= 11 is 0. The number of rotatable bonds is 6. The molecule has 0 unspecified atom stereocenters. The summed E-state index contributed by atoms with van der Waals surface area (Å²) in [5.41, 5.74) is 1.63. The molecule has 2 N–H and O–H groups in total. The molecule has 30 heavy (non-hydrogen) atoms. The van der Waals surface area contributed by atoms with Crippen LogP contribution < -0.4 is 10.0 Å². The fourth-order valence-corrected chi connectivity index (χ4v) is 4.63. The average molecular weight is 432 g/mol. The van der Waals surface area contributed by atoms with Gasteiger partial charge in [-0.1, -0.05) is 12.1 Å². The number of carbonyl (C=O) groups is 1. The zero-order valence-corrected chi connectivity index (χ0v) is 18.5. The lowest BCUT2D eigenvalue weighted by atomic mass is 10.1. The first-order valence-electron chi connectivity index (χ1n) is 9.97. The SMILES string of the molecule is CC(C)(C)NS(=O)(=O)c1ccc(C(=O)Nc2cccc(CN3CCOCC3)c2)cc1. The van der Waals surface area contributed by atoms with E-state index in [0.717, 1.165) is 38.4 Å². The number of nitrogens with zero attached hydrogens (tertiary/aromatic N) is 1. The van der Waals surface area contributed by atoms with Gasteiger partial charge in [-0.15, -0.1) is 0 Å². The Bertz CT molecular complexity index is 976. The number of carbonyl (C=O) groups excluding carboxylic acids is 1. The molecular formula is C22H29N3O4S. The maximum atomic E-state index is 12.6. The molecule has 2 aromatic rings. The third kappa shape index (κ3) is 6.37. The summed E-state index contributed by atoms with van der Waals surface area (Å²) in [4.78, 5) is 15.0. The van der Waals surface area contributed by atoms with Crippen LogP contribution in [0.4, 0.5) is 5.69 Å². The lowest BCUT2D eigenvalue weighted by molar-refractivity contribution is 0.0342. The van der Waals surface area contributed by atoms with E-state index < -0.39 is 15.6 Å². The Morgan fingerprint density at radius 1 is 1.07 bits per heavy atom. The first-order valence-corrected chi connectivity index (χ1v) is 11.5. The number of hydrogen-bond acceptors (Lipinski definition) is 5. The van der Waals surface area contributed by atoms with Crippen LogP contribution in [0.1, 0.15) is 36.7 Å². The van der Waals surface area contributed by atoms with Crippen LogP contribution in [-0.2, 0) is 21.3 Å². The number of ether oxygens (including phenoxy) is 1. The van der Waals surface area contributed by atoms with Crippen molar-refractivity contribution < 1.29 is 17.9 Å². The Balaban J connectivity index is 1.65. The zero-order valence-electron chi connectivity index (χ0n) is 17.6. The highest BCUT2D eigenvalue weighted by molar-refractivity contribution is 7.89. The van der Waals surface area contributed by atoms with Crippen molar-refractivity contribution in [2.75, 3.05) is 31.6 Å². The van der Waals surface area contributed by atoms with Crippen LogP contribution in [0, 0.1) is 0 Å². The molecular weight excluding hydrogens is 402 g/mol. The number of anilines is 1. The van der Waals surface area contributed by atoms with Gasteiger partial charge in [0.2, 0.25) is 10.0 Å². The molecule has 0 saturated carbocycles. The third-order valence-electron chi connectivity index (χ3n) is 4.56. The van der Waals surface area contributed by atoms with E-state index in [9.17, 15) is 13.2 Å². The van der Waals surface area contributed by atoms with Gasteiger partial charge < -0.3 is 10.1 Å². The number of benzene rings is 2. The first-order chi connectivity index (χ1) is 14.1. The Labute approximate surface area is 178 Å².